The molecule has 1 heterocycles. The number of pyridine rings is 1. The number of fused-ring (bicyclic) bond motifs is 1. The van der Waals surface area contributed by atoms with Crippen molar-refractivity contribution in [1.29, 1.82) is 0 Å². The van der Waals surface area contributed by atoms with Gasteiger partial charge in [0, 0.05) is 42.1 Å². The summed E-state index contributed by atoms with van der Waals surface area (Å²) in [6, 6.07) is 8.23. The molecule has 1 N–H and O–H groups in total. The van der Waals surface area contributed by atoms with E-state index in [4.69, 9.17) is 9.72 Å². The van der Waals surface area contributed by atoms with Crippen molar-refractivity contribution in [2.24, 2.45) is 0 Å². The van der Waals surface area contributed by atoms with Gasteiger partial charge in [0.1, 0.15) is 11.6 Å². The lowest BCUT2D eigenvalue weighted by Gasteiger charge is -2.12. The van der Waals surface area contributed by atoms with Crippen LogP contribution in [-0.2, 0) is 5.75 Å². The number of ether oxygens (including phenoxy) is 1. The second-order valence-corrected chi connectivity index (χ2v) is 6.27. The first-order valence-electron chi connectivity index (χ1n) is 7.02. The number of nitrogens with zero attached hydrogens (tertiary/aromatic N) is 2. The number of methoxy groups -OCH3 is 1. The largest absolute Gasteiger partial charge is 0.497 e. The molecule has 0 spiro atoms. The van der Waals surface area contributed by atoms with Crippen LogP contribution >= 0.6 is 11.8 Å². The summed E-state index contributed by atoms with van der Waals surface area (Å²) >= 11 is 1.93. The highest BCUT2D eigenvalue weighted by Crippen LogP contribution is 2.26. The van der Waals surface area contributed by atoms with Gasteiger partial charge in [-0.05, 0) is 32.3 Å². The molecule has 5 heteroatoms. The molecule has 0 saturated heterocycles. The van der Waals surface area contributed by atoms with Gasteiger partial charge in [-0.1, -0.05) is 0 Å². The van der Waals surface area contributed by atoms with Crippen LogP contribution in [0.15, 0.2) is 24.3 Å². The number of rotatable bonds is 7. The van der Waals surface area contributed by atoms with Gasteiger partial charge in [-0.15, -0.1) is 0 Å². The van der Waals surface area contributed by atoms with Gasteiger partial charge in [0.25, 0.3) is 0 Å². The molecule has 0 aliphatic heterocycles. The van der Waals surface area contributed by atoms with Crippen LogP contribution < -0.4 is 10.1 Å². The lowest BCUT2D eigenvalue weighted by Crippen LogP contribution is -2.14. The zero-order valence-electron chi connectivity index (χ0n) is 13.1. The Balaban J connectivity index is 2.18. The van der Waals surface area contributed by atoms with Gasteiger partial charge in [0.15, 0.2) is 0 Å². The molecule has 0 aliphatic carbocycles. The highest BCUT2D eigenvalue weighted by molar-refractivity contribution is 7.98. The molecular weight excluding hydrogens is 282 g/mol. The first kappa shape index (κ1) is 15.9. The van der Waals surface area contributed by atoms with Crippen molar-refractivity contribution in [2.45, 2.75) is 5.75 Å². The van der Waals surface area contributed by atoms with E-state index in [1.807, 2.05) is 30.9 Å². The molecule has 1 aromatic carbocycles. The Morgan fingerprint density at radius 2 is 2.10 bits per heavy atom. The van der Waals surface area contributed by atoms with Gasteiger partial charge >= 0.3 is 0 Å². The quantitative estimate of drug-likeness (QED) is 0.796. The third kappa shape index (κ3) is 4.25. The van der Waals surface area contributed by atoms with Gasteiger partial charge in [0.05, 0.1) is 12.6 Å². The second-order valence-electron chi connectivity index (χ2n) is 5.16. The van der Waals surface area contributed by atoms with Gasteiger partial charge in [-0.2, -0.15) is 11.8 Å². The van der Waals surface area contributed by atoms with E-state index >= 15 is 0 Å². The van der Waals surface area contributed by atoms with Gasteiger partial charge in [-0.25, -0.2) is 4.98 Å². The number of nitrogens with one attached hydrogen (secondary N) is 1. The van der Waals surface area contributed by atoms with E-state index < -0.39 is 0 Å². The minimum absolute atomic E-state index is 0.838. The zero-order chi connectivity index (χ0) is 15.2. The Bertz CT molecular complexity index is 601. The fourth-order valence-electron chi connectivity index (χ4n) is 2.07. The van der Waals surface area contributed by atoms with E-state index in [2.05, 4.69) is 36.4 Å². The van der Waals surface area contributed by atoms with Crippen LogP contribution in [0.4, 0.5) is 5.82 Å². The Labute approximate surface area is 130 Å². The first-order chi connectivity index (χ1) is 10.1. The minimum atomic E-state index is 0.838. The monoisotopic (exact) mass is 305 g/mol. The number of benzene rings is 1. The molecule has 0 aliphatic rings. The SMILES string of the molecule is CNc1nc2cc(OC)ccc2cc1CSCCN(C)C. The summed E-state index contributed by atoms with van der Waals surface area (Å²) in [5.74, 6) is 3.88. The van der Waals surface area contributed by atoms with E-state index in [0.29, 0.717) is 0 Å². The lowest BCUT2D eigenvalue weighted by molar-refractivity contribution is 0.415. The average molecular weight is 305 g/mol. The Morgan fingerprint density at radius 3 is 2.76 bits per heavy atom. The molecule has 0 atom stereocenters. The van der Waals surface area contributed by atoms with Crippen LogP contribution in [0.2, 0.25) is 0 Å². The molecule has 0 bridgehead atoms. The number of aromatic nitrogens is 1. The van der Waals surface area contributed by atoms with E-state index in [1.165, 1.54) is 5.56 Å². The fraction of sp³-hybridized carbons (Fsp3) is 0.438. The maximum absolute atomic E-state index is 5.26. The molecule has 0 amide bonds. The molecule has 4 nitrogen and oxygen atoms in total. The van der Waals surface area contributed by atoms with Crippen molar-refractivity contribution in [3.8, 4) is 5.75 Å². The highest BCUT2D eigenvalue weighted by Gasteiger charge is 2.07. The maximum Gasteiger partial charge on any atom is 0.130 e. The third-order valence-electron chi connectivity index (χ3n) is 3.28. The van der Waals surface area contributed by atoms with Crippen molar-refractivity contribution >= 4 is 28.5 Å². The Kier molecular flexibility index (Phi) is 5.70. The van der Waals surface area contributed by atoms with Crippen molar-refractivity contribution in [3.05, 3.63) is 29.8 Å². The summed E-state index contributed by atoms with van der Waals surface area (Å²) in [5.41, 5.74) is 2.21. The number of anilines is 1. The van der Waals surface area contributed by atoms with Gasteiger partial charge in [0.2, 0.25) is 0 Å². The number of hydrogen-bond acceptors (Lipinski definition) is 5. The predicted octanol–water partition coefficient (Wildman–Crippen LogP) is 3.08. The van der Waals surface area contributed by atoms with Crippen LogP contribution in [0.25, 0.3) is 10.9 Å². The normalized spacial score (nSPS) is 11.1. The molecule has 0 radical (unpaired) electrons. The molecular formula is C16H23N3OS. The minimum Gasteiger partial charge on any atom is -0.497 e. The molecule has 0 fully saturated rings. The third-order valence-corrected chi connectivity index (χ3v) is 4.27. The molecule has 114 valence electrons. The van der Waals surface area contributed by atoms with E-state index in [-0.39, 0.29) is 0 Å². The van der Waals surface area contributed by atoms with Crippen LogP contribution in [-0.4, -0.2) is 50.4 Å². The van der Waals surface area contributed by atoms with Gasteiger partial charge in [-0.3, -0.25) is 0 Å². The van der Waals surface area contributed by atoms with Crippen LogP contribution in [0, 0.1) is 0 Å². The van der Waals surface area contributed by atoms with Crippen LogP contribution in [0.1, 0.15) is 5.56 Å². The summed E-state index contributed by atoms with van der Waals surface area (Å²) in [6.07, 6.45) is 0. The lowest BCUT2D eigenvalue weighted by atomic mass is 10.1. The van der Waals surface area contributed by atoms with E-state index in [1.54, 1.807) is 7.11 Å². The summed E-state index contributed by atoms with van der Waals surface area (Å²) in [5, 5.41) is 4.35. The van der Waals surface area contributed by atoms with Crippen molar-refractivity contribution in [3.63, 3.8) is 0 Å². The number of thioether (sulfide) groups is 1. The fourth-order valence-corrected chi connectivity index (χ4v) is 3.15. The molecule has 0 saturated carbocycles. The van der Waals surface area contributed by atoms with Gasteiger partial charge < -0.3 is 15.0 Å². The second kappa shape index (κ2) is 7.52. The predicted molar refractivity (Wildman–Crippen MR) is 92.6 cm³/mol. The van der Waals surface area contributed by atoms with E-state index in [0.717, 1.165) is 40.5 Å². The molecule has 0 unspecified atom stereocenters. The Hall–Kier alpha value is -1.46. The van der Waals surface area contributed by atoms with E-state index in [9.17, 15) is 0 Å². The van der Waals surface area contributed by atoms with Crippen LogP contribution in [0.5, 0.6) is 5.75 Å². The standard InChI is InChI=1S/C16H23N3OS/c1-17-16-13(11-21-8-7-19(2)3)9-12-5-6-14(20-4)10-15(12)18-16/h5-6,9-10H,7-8,11H2,1-4H3,(H,17,18). The summed E-state index contributed by atoms with van der Waals surface area (Å²) in [6.45, 7) is 1.10. The van der Waals surface area contributed by atoms with Crippen molar-refractivity contribution in [1.82, 2.24) is 9.88 Å². The van der Waals surface area contributed by atoms with Crippen molar-refractivity contribution in [2.75, 3.05) is 45.9 Å². The molecule has 21 heavy (non-hydrogen) atoms. The average Bonchev–Trinajstić information content (AvgIpc) is 2.49. The van der Waals surface area contributed by atoms with Crippen LogP contribution in [0.3, 0.4) is 0 Å². The Morgan fingerprint density at radius 1 is 1.29 bits per heavy atom. The zero-order valence-corrected chi connectivity index (χ0v) is 14.0. The molecule has 2 aromatic rings. The highest BCUT2D eigenvalue weighted by atomic mass is 32.2. The summed E-state index contributed by atoms with van der Waals surface area (Å²) in [4.78, 5) is 6.91. The molecule has 1 aromatic heterocycles. The molecule has 2 rings (SSSR count). The summed E-state index contributed by atoms with van der Waals surface area (Å²) < 4.78 is 5.26. The smallest absolute Gasteiger partial charge is 0.130 e. The maximum atomic E-state index is 5.26. The number of hydrogen-bond donors (Lipinski definition) is 1. The first-order valence-corrected chi connectivity index (χ1v) is 8.17. The topological polar surface area (TPSA) is 37.4 Å². The summed E-state index contributed by atoms with van der Waals surface area (Å²) in [7, 11) is 7.80. The van der Waals surface area contributed by atoms with Crippen molar-refractivity contribution < 1.29 is 4.74 Å².